The Morgan fingerprint density at radius 1 is 1.21 bits per heavy atom. The van der Waals surface area contributed by atoms with Gasteiger partial charge in [-0.05, 0) is 39.5 Å². The molecular formula is C12H18N2. The molecule has 2 nitrogen and oxygen atoms in total. The number of nitrogens with zero attached hydrogens (tertiary/aromatic N) is 2. The summed E-state index contributed by atoms with van der Waals surface area (Å²) < 4.78 is 0. The van der Waals surface area contributed by atoms with Gasteiger partial charge in [0.1, 0.15) is 0 Å². The highest BCUT2D eigenvalue weighted by Gasteiger charge is 2.21. The molecule has 1 aliphatic carbocycles. The van der Waals surface area contributed by atoms with Crippen molar-refractivity contribution >= 4 is 0 Å². The van der Waals surface area contributed by atoms with E-state index in [4.69, 9.17) is 4.98 Å². The van der Waals surface area contributed by atoms with Crippen LogP contribution in [-0.2, 0) is 6.42 Å². The fourth-order valence-corrected chi connectivity index (χ4v) is 2.23. The Hall–Kier alpha value is -0.920. The van der Waals surface area contributed by atoms with Crippen molar-refractivity contribution in [2.24, 2.45) is 0 Å². The largest absolute Gasteiger partial charge is 0.254 e. The van der Waals surface area contributed by atoms with E-state index < -0.39 is 0 Å². The molecule has 1 atom stereocenters. The second kappa shape index (κ2) is 3.68. The summed E-state index contributed by atoms with van der Waals surface area (Å²) in [6, 6.07) is 0. The van der Waals surface area contributed by atoms with Gasteiger partial charge in [0, 0.05) is 5.92 Å². The zero-order valence-electron chi connectivity index (χ0n) is 9.30. The minimum Gasteiger partial charge on any atom is -0.254 e. The van der Waals surface area contributed by atoms with Gasteiger partial charge in [-0.2, -0.15) is 0 Å². The highest BCUT2D eigenvalue weighted by atomic mass is 14.8. The van der Waals surface area contributed by atoms with E-state index in [1.54, 1.807) is 0 Å². The average Bonchev–Trinajstić information content (AvgIpc) is 2.19. The number of aromatic nitrogens is 2. The number of hydrogen-bond donors (Lipinski definition) is 0. The lowest BCUT2D eigenvalue weighted by atomic mass is 9.87. The molecular weight excluding hydrogens is 172 g/mol. The minimum absolute atomic E-state index is 0.658. The normalized spacial score (nSPS) is 20.6. The molecule has 0 radical (unpaired) electrons. The maximum atomic E-state index is 4.70. The van der Waals surface area contributed by atoms with Gasteiger partial charge in [0.05, 0.1) is 22.8 Å². The first kappa shape index (κ1) is 9.63. The third kappa shape index (κ3) is 1.54. The molecule has 0 aromatic carbocycles. The van der Waals surface area contributed by atoms with E-state index in [1.807, 2.05) is 0 Å². The van der Waals surface area contributed by atoms with Crippen molar-refractivity contribution in [1.29, 1.82) is 0 Å². The van der Waals surface area contributed by atoms with Crippen molar-refractivity contribution in [2.45, 2.75) is 52.4 Å². The van der Waals surface area contributed by atoms with Crippen LogP contribution >= 0.6 is 0 Å². The van der Waals surface area contributed by atoms with E-state index in [1.165, 1.54) is 30.7 Å². The maximum Gasteiger partial charge on any atom is 0.0652 e. The van der Waals surface area contributed by atoms with Gasteiger partial charge in [0.25, 0.3) is 0 Å². The zero-order chi connectivity index (χ0) is 10.1. The average molecular weight is 190 g/mol. The van der Waals surface area contributed by atoms with E-state index in [-0.39, 0.29) is 0 Å². The number of aryl methyl sites for hydroxylation is 3. The third-order valence-corrected chi connectivity index (χ3v) is 3.26. The van der Waals surface area contributed by atoms with Gasteiger partial charge in [-0.1, -0.05) is 6.92 Å². The lowest BCUT2D eigenvalue weighted by Gasteiger charge is -2.23. The smallest absolute Gasteiger partial charge is 0.0652 e. The van der Waals surface area contributed by atoms with E-state index in [2.05, 4.69) is 25.8 Å². The molecule has 0 spiro atoms. The van der Waals surface area contributed by atoms with E-state index in [0.29, 0.717) is 5.92 Å². The summed E-state index contributed by atoms with van der Waals surface area (Å²) in [5.41, 5.74) is 4.73. The lowest BCUT2D eigenvalue weighted by Crippen LogP contribution is -2.15. The van der Waals surface area contributed by atoms with Crippen molar-refractivity contribution in [1.82, 2.24) is 9.97 Å². The Morgan fingerprint density at radius 2 is 1.93 bits per heavy atom. The summed E-state index contributed by atoms with van der Waals surface area (Å²) in [7, 11) is 0. The molecule has 0 aliphatic heterocycles. The van der Waals surface area contributed by atoms with Crippen LogP contribution in [0.25, 0.3) is 0 Å². The summed E-state index contributed by atoms with van der Waals surface area (Å²) in [4.78, 5) is 9.35. The first-order valence-electron chi connectivity index (χ1n) is 5.56. The van der Waals surface area contributed by atoms with E-state index in [9.17, 15) is 0 Å². The van der Waals surface area contributed by atoms with Crippen LogP contribution < -0.4 is 0 Å². The van der Waals surface area contributed by atoms with Crippen molar-refractivity contribution in [3.63, 3.8) is 0 Å². The van der Waals surface area contributed by atoms with Gasteiger partial charge in [-0.3, -0.25) is 9.97 Å². The molecule has 2 rings (SSSR count). The second-order valence-corrected chi connectivity index (χ2v) is 4.22. The van der Waals surface area contributed by atoms with Crippen molar-refractivity contribution < 1.29 is 0 Å². The van der Waals surface area contributed by atoms with Gasteiger partial charge >= 0.3 is 0 Å². The summed E-state index contributed by atoms with van der Waals surface area (Å²) in [6.45, 7) is 6.36. The van der Waals surface area contributed by atoms with Gasteiger partial charge in [0.2, 0.25) is 0 Å². The van der Waals surface area contributed by atoms with Crippen LogP contribution in [0, 0.1) is 13.8 Å². The Labute approximate surface area is 85.8 Å². The first-order valence-corrected chi connectivity index (χ1v) is 5.56. The predicted octanol–water partition coefficient (Wildman–Crippen LogP) is 2.92. The van der Waals surface area contributed by atoms with Crippen LogP contribution in [0.3, 0.4) is 0 Å². The SMILES string of the molecule is CCC1CCCc2nc(C)c(C)nc21. The van der Waals surface area contributed by atoms with Crippen molar-refractivity contribution in [3.05, 3.63) is 22.8 Å². The van der Waals surface area contributed by atoms with Crippen LogP contribution in [0.4, 0.5) is 0 Å². The molecule has 1 heterocycles. The Balaban J connectivity index is 2.47. The fraction of sp³-hybridized carbons (Fsp3) is 0.667. The van der Waals surface area contributed by atoms with Crippen LogP contribution in [-0.4, -0.2) is 9.97 Å². The zero-order valence-corrected chi connectivity index (χ0v) is 9.30. The molecule has 0 fully saturated rings. The summed E-state index contributed by atoms with van der Waals surface area (Å²) in [5, 5.41) is 0. The molecule has 0 saturated carbocycles. The minimum atomic E-state index is 0.658. The van der Waals surface area contributed by atoms with E-state index in [0.717, 1.165) is 17.8 Å². The Morgan fingerprint density at radius 3 is 2.64 bits per heavy atom. The summed E-state index contributed by atoms with van der Waals surface area (Å²) >= 11 is 0. The lowest BCUT2D eigenvalue weighted by molar-refractivity contribution is 0.513. The number of rotatable bonds is 1. The molecule has 0 N–H and O–H groups in total. The molecule has 0 bridgehead atoms. The van der Waals surface area contributed by atoms with Crippen LogP contribution in [0.1, 0.15) is 54.9 Å². The van der Waals surface area contributed by atoms with Crippen LogP contribution in [0.2, 0.25) is 0 Å². The maximum absolute atomic E-state index is 4.70. The molecule has 1 unspecified atom stereocenters. The van der Waals surface area contributed by atoms with Gasteiger partial charge in [0.15, 0.2) is 0 Å². The fourth-order valence-electron chi connectivity index (χ4n) is 2.23. The summed E-state index contributed by atoms with van der Waals surface area (Å²) in [6.07, 6.45) is 4.90. The summed E-state index contributed by atoms with van der Waals surface area (Å²) in [5.74, 6) is 0.658. The molecule has 0 amide bonds. The Bertz CT molecular complexity index is 344. The third-order valence-electron chi connectivity index (χ3n) is 3.26. The molecule has 76 valence electrons. The monoisotopic (exact) mass is 190 g/mol. The number of fused-ring (bicyclic) bond motifs is 1. The Kier molecular flexibility index (Phi) is 2.53. The number of hydrogen-bond acceptors (Lipinski definition) is 2. The topological polar surface area (TPSA) is 25.8 Å². The van der Waals surface area contributed by atoms with Gasteiger partial charge in [-0.15, -0.1) is 0 Å². The highest BCUT2D eigenvalue weighted by molar-refractivity contribution is 5.24. The van der Waals surface area contributed by atoms with Gasteiger partial charge in [-0.25, -0.2) is 0 Å². The molecule has 2 heteroatoms. The molecule has 1 aliphatic rings. The highest BCUT2D eigenvalue weighted by Crippen LogP contribution is 2.31. The van der Waals surface area contributed by atoms with Crippen molar-refractivity contribution in [2.75, 3.05) is 0 Å². The van der Waals surface area contributed by atoms with Crippen molar-refractivity contribution in [3.8, 4) is 0 Å². The quantitative estimate of drug-likeness (QED) is 0.680. The second-order valence-electron chi connectivity index (χ2n) is 4.22. The molecule has 0 saturated heterocycles. The molecule has 14 heavy (non-hydrogen) atoms. The standard InChI is InChI=1S/C12H18N2/c1-4-10-6-5-7-11-12(10)14-9(3)8(2)13-11/h10H,4-7H2,1-3H3. The van der Waals surface area contributed by atoms with Crippen LogP contribution in [0.5, 0.6) is 0 Å². The predicted molar refractivity (Wildman–Crippen MR) is 57.5 cm³/mol. The van der Waals surface area contributed by atoms with Gasteiger partial charge < -0.3 is 0 Å². The van der Waals surface area contributed by atoms with E-state index >= 15 is 0 Å². The van der Waals surface area contributed by atoms with Crippen LogP contribution in [0.15, 0.2) is 0 Å². The first-order chi connectivity index (χ1) is 6.72. The molecule has 1 aromatic rings. The molecule has 1 aromatic heterocycles.